The highest BCUT2D eigenvalue weighted by molar-refractivity contribution is 7.80. The highest BCUT2D eigenvalue weighted by Crippen LogP contribution is 2.34. The first kappa shape index (κ1) is 28.5. The van der Waals surface area contributed by atoms with Crippen LogP contribution in [0.4, 0.5) is 0 Å². The van der Waals surface area contributed by atoms with Gasteiger partial charge in [-0.1, -0.05) is 67.6 Å². The number of fused-ring (bicyclic) bond motifs is 1. The van der Waals surface area contributed by atoms with E-state index in [1.165, 1.54) is 0 Å². The predicted molar refractivity (Wildman–Crippen MR) is 154 cm³/mol. The molecular formula is C29H38N6O3S. The largest absolute Gasteiger partial charge is 0.376 e. The van der Waals surface area contributed by atoms with Crippen molar-refractivity contribution in [2.45, 2.75) is 69.2 Å². The molecule has 3 amide bonds. The van der Waals surface area contributed by atoms with Crippen LogP contribution < -0.4 is 27.4 Å². The van der Waals surface area contributed by atoms with Gasteiger partial charge in [0.15, 0.2) is 5.11 Å². The number of rotatable bonds is 9. The molecule has 5 atom stereocenters. The summed E-state index contributed by atoms with van der Waals surface area (Å²) in [5, 5.41) is 9.18. The van der Waals surface area contributed by atoms with Crippen LogP contribution in [0.2, 0.25) is 0 Å². The summed E-state index contributed by atoms with van der Waals surface area (Å²) in [5.74, 6) is -1.11. The van der Waals surface area contributed by atoms with Crippen LogP contribution in [-0.2, 0) is 14.4 Å². The molecule has 0 saturated carbocycles. The fraction of sp³-hybridized carbons (Fsp3) is 0.448. The summed E-state index contributed by atoms with van der Waals surface area (Å²) in [5.41, 5.74) is 13.5. The molecule has 208 valence electrons. The molecule has 2 aromatic rings. The molecule has 2 heterocycles. The van der Waals surface area contributed by atoms with Crippen molar-refractivity contribution in [3.8, 4) is 0 Å². The maximum Gasteiger partial charge on any atom is 0.246 e. The van der Waals surface area contributed by atoms with Gasteiger partial charge >= 0.3 is 0 Å². The Balaban J connectivity index is 1.59. The average molecular weight is 551 g/mol. The van der Waals surface area contributed by atoms with Crippen molar-refractivity contribution >= 4 is 35.1 Å². The summed E-state index contributed by atoms with van der Waals surface area (Å²) in [6, 6.07) is 16.9. The minimum absolute atomic E-state index is 0.0887. The molecule has 7 N–H and O–H groups in total. The summed E-state index contributed by atoms with van der Waals surface area (Å²) in [7, 11) is 0. The maximum absolute atomic E-state index is 14.1. The maximum atomic E-state index is 14.1. The van der Waals surface area contributed by atoms with Crippen molar-refractivity contribution in [3.05, 3.63) is 71.8 Å². The van der Waals surface area contributed by atoms with E-state index in [0.29, 0.717) is 32.2 Å². The predicted octanol–water partition coefficient (Wildman–Crippen LogP) is 1.72. The number of nitrogens with zero attached hydrogens (tertiary/aromatic N) is 1. The number of nitrogens with one attached hydrogen (secondary N) is 3. The lowest BCUT2D eigenvalue weighted by Gasteiger charge is -2.33. The number of carbonyl (C=O) groups is 3. The van der Waals surface area contributed by atoms with Gasteiger partial charge in [-0.05, 0) is 55.4 Å². The van der Waals surface area contributed by atoms with Gasteiger partial charge in [-0.2, -0.15) is 0 Å². The Morgan fingerprint density at radius 2 is 1.59 bits per heavy atom. The van der Waals surface area contributed by atoms with Crippen LogP contribution in [0.25, 0.3) is 0 Å². The fourth-order valence-corrected chi connectivity index (χ4v) is 5.74. The van der Waals surface area contributed by atoms with E-state index >= 15 is 0 Å². The van der Waals surface area contributed by atoms with Crippen LogP contribution in [0.5, 0.6) is 0 Å². The molecule has 0 bridgehead atoms. The minimum atomic E-state index is -0.839. The van der Waals surface area contributed by atoms with Gasteiger partial charge in [0.25, 0.3) is 0 Å². The first-order valence-corrected chi connectivity index (χ1v) is 14.0. The molecule has 0 aliphatic carbocycles. The highest BCUT2D eigenvalue weighted by atomic mass is 32.1. The molecule has 0 radical (unpaired) electrons. The van der Waals surface area contributed by atoms with Gasteiger partial charge in [-0.15, -0.1) is 0 Å². The van der Waals surface area contributed by atoms with E-state index in [0.717, 1.165) is 17.5 Å². The van der Waals surface area contributed by atoms with Crippen LogP contribution in [-0.4, -0.2) is 58.4 Å². The monoisotopic (exact) mass is 550 g/mol. The van der Waals surface area contributed by atoms with Crippen molar-refractivity contribution in [2.75, 3.05) is 6.54 Å². The summed E-state index contributed by atoms with van der Waals surface area (Å²) in [6.45, 7) is 2.16. The van der Waals surface area contributed by atoms with Crippen molar-refractivity contribution in [1.82, 2.24) is 20.9 Å². The zero-order valence-electron chi connectivity index (χ0n) is 22.2. The number of carbonyl (C=O) groups excluding carboxylic acids is 3. The van der Waals surface area contributed by atoms with Gasteiger partial charge in [-0.3, -0.25) is 14.4 Å². The third-order valence-corrected chi connectivity index (χ3v) is 7.98. The van der Waals surface area contributed by atoms with Gasteiger partial charge in [-0.25, -0.2) is 0 Å². The van der Waals surface area contributed by atoms with Crippen molar-refractivity contribution < 1.29 is 14.4 Å². The van der Waals surface area contributed by atoms with E-state index in [4.69, 9.17) is 23.7 Å². The molecular weight excluding hydrogens is 512 g/mol. The lowest BCUT2D eigenvalue weighted by molar-refractivity contribution is -0.143. The minimum Gasteiger partial charge on any atom is -0.376 e. The number of nitrogens with two attached hydrogens (primary N) is 2. The molecule has 2 saturated heterocycles. The molecule has 9 nitrogen and oxygen atoms in total. The molecule has 4 rings (SSSR count). The van der Waals surface area contributed by atoms with Gasteiger partial charge in [0, 0.05) is 18.5 Å². The SMILES string of the molecule is CC[C@H](N)C(=O)NC1C(=O)N2C(CCC1CNC(N)=S)CCC2C(=O)NC(c1ccccc1)c1ccccc1. The Morgan fingerprint density at radius 3 is 2.15 bits per heavy atom. The first-order chi connectivity index (χ1) is 18.8. The van der Waals surface area contributed by atoms with E-state index < -0.39 is 18.1 Å². The van der Waals surface area contributed by atoms with E-state index in [1.807, 2.05) is 67.6 Å². The topological polar surface area (TPSA) is 143 Å². The lowest BCUT2D eigenvalue weighted by atomic mass is 9.92. The quantitative estimate of drug-likeness (QED) is 0.299. The Labute approximate surface area is 235 Å². The number of hydrogen-bond acceptors (Lipinski definition) is 5. The van der Waals surface area contributed by atoms with Gasteiger partial charge in [0.1, 0.15) is 12.1 Å². The van der Waals surface area contributed by atoms with Crippen molar-refractivity contribution in [1.29, 1.82) is 0 Å². The summed E-state index contributed by atoms with van der Waals surface area (Å²) in [4.78, 5) is 42.4. The third-order valence-electron chi connectivity index (χ3n) is 7.83. The second-order valence-electron chi connectivity index (χ2n) is 10.3. The summed E-state index contributed by atoms with van der Waals surface area (Å²) in [6.07, 6.45) is 3.10. The van der Waals surface area contributed by atoms with E-state index in [9.17, 15) is 14.4 Å². The molecule has 2 aliphatic rings. The molecule has 10 heteroatoms. The fourth-order valence-electron chi connectivity index (χ4n) is 5.66. The van der Waals surface area contributed by atoms with Crippen molar-refractivity contribution in [2.24, 2.45) is 17.4 Å². The second kappa shape index (κ2) is 13.0. The Bertz CT molecular complexity index is 1120. The van der Waals surface area contributed by atoms with Crippen LogP contribution >= 0.6 is 12.2 Å². The Morgan fingerprint density at radius 1 is 1.00 bits per heavy atom. The van der Waals surface area contributed by atoms with Crippen LogP contribution in [0, 0.1) is 5.92 Å². The molecule has 2 fully saturated rings. The zero-order chi connectivity index (χ0) is 27.9. The van der Waals surface area contributed by atoms with Gasteiger partial charge < -0.3 is 32.3 Å². The van der Waals surface area contributed by atoms with E-state index in [2.05, 4.69) is 16.0 Å². The third kappa shape index (κ3) is 6.75. The van der Waals surface area contributed by atoms with E-state index in [-0.39, 0.29) is 40.8 Å². The summed E-state index contributed by atoms with van der Waals surface area (Å²) < 4.78 is 0. The highest BCUT2D eigenvalue weighted by Gasteiger charge is 2.47. The molecule has 0 aromatic heterocycles. The standard InChI is InChI=1S/C29H38N6O3S/c1-2-22(30)26(36)34-25-20(17-32-29(31)39)13-14-21-15-16-23(35(21)28(25)38)27(37)33-24(18-9-5-3-6-10-18)19-11-7-4-8-12-19/h3-12,20-25H,2,13-17,30H2,1H3,(H,33,37)(H,34,36)(H3,31,32,39)/t20?,21?,22-,23?,25?/m0/s1. The molecule has 4 unspecified atom stereocenters. The smallest absolute Gasteiger partial charge is 0.246 e. The number of thiocarbonyl (C=S) groups is 1. The van der Waals surface area contributed by atoms with Crippen LogP contribution in [0.15, 0.2) is 60.7 Å². The van der Waals surface area contributed by atoms with E-state index in [1.54, 1.807) is 4.90 Å². The molecule has 2 aliphatic heterocycles. The molecule has 0 spiro atoms. The van der Waals surface area contributed by atoms with Gasteiger partial charge in [0.05, 0.1) is 12.1 Å². The normalized spacial score (nSPS) is 23.5. The molecule has 39 heavy (non-hydrogen) atoms. The van der Waals surface area contributed by atoms with Gasteiger partial charge in [0.2, 0.25) is 17.7 Å². The number of amides is 3. The Kier molecular flexibility index (Phi) is 9.53. The summed E-state index contributed by atoms with van der Waals surface area (Å²) >= 11 is 4.98. The molecule has 2 aromatic carbocycles. The number of hydrogen-bond donors (Lipinski definition) is 5. The van der Waals surface area contributed by atoms with Crippen LogP contribution in [0.1, 0.15) is 56.2 Å². The Hall–Kier alpha value is -3.50. The lowest BCUT2D eigenvalue weighted by Crippen LogP contribution is -2.59. The van der Waals surface area contributed by atoms with Crippen molar-refractivity contribution in [3.63, 3.8) is 0 Å². The zero-order valence-corrected chi connectivity index (χ0v) is 23.0. The second-order valence-corrected chi connectivity index (χ2v) is 10.8. The number of benzene rings is 2. The first-order valence-electron chi connectivity index (χ1n) is 13.6. The average Bonchev–Trinajstić information content (AvgIpc) is 3.33. The van der Waals surface area contributed by atoms with Crippen LogP contribution in [0.3, 0.4) is 0 Å².